The van der Waals surface area contributed by atoms with Crippen molar-refractivity contribution in [3.63, 3.8) is 0 Å². The SMILES string of the molecule is COc1ccc(F)c(/C=N/NC(=O)c2cncc(-c3cnc4nc[nH]c4c3)n2)c1. The molecule has 0 bridgehead atoms. The number of fused-ring (bicyclic) bond motifs is 1. The summed E-state index contributed by atoms with van der Waals surface area (Å²) in [5.74, 6) is -0.609. The van der Waals surface area contributed by atoms with E-state index in [9.17, 15) is 9.18 Å². The topological polar surface area (TPSA) is 118 Å². The molecule has 0 saturated heterocycles. The van der Waals surface area contributed by atoms with E-state index in [4.69, 9.17) is 4.74 Å². The lowest BCUT2D eigenvalue weighted by molar-refractivity contribution is 0.0950. The molecule has 0 aliphatic carbocycles. The molecular formula is C19H14FN7O2. The Kier molecular flexibility index (Phi) is 4.89. The number of ether oxygens (including phenoxy) is 1. The highest BCUT2D eigenvalue weighted by Crippen LogP contribution is 2.19. The number of nitrogens with zero attached hydrogens (tertiary/aromatic N) is 5. The predicted octanol–water partition coefficient (Wildman–Crippen LogP) is 2.33. The number of rotatable bonds is 5. The Bertz CT molecular complexity index is 1220. The third-order valence-corrected chi connectivity index (χ3v) is 4.01. The Labute approximate surface area is 163 Å². The van der Waals surface area contributed by atoms with Crippen molar-refractivity contribution in [1.29, 1.82) is 0 Å². The van der Waals surface area contributed by atoms with Gasteiger partial charge in [-0.15, -0.1) is 0 Å². The second-order valence-electron chi connectivity index (χ2n) is 5.87. The molecule has 0 atom stereocenters. The van der Waals surface area contributed by atoms with Crippen molar-refractivity contribution in [2.24, 2.45) is 5.10 Å². The van der Waals surface area contributed by atoms with Crippen LogP contribution in [0.3, 0.4) is 0 Å². The molecule has 2 N–H and O–H groups in total. The number of hydrazone groups is 1. The fourth-order valence-corrected chi connectivity index (χ4v) is 2.55. The Morgan fingerprint density at radius 2 is 2.14 bits per heavy atom. The second-order valence-corrected chi connectivity index (χ2v) is 5.87. The summed E-state index contributed by atoms with van der Waals surface area (Å²) < 4.78 is 18.8. The van der Waals surface area contributed by atoms with Gasteiger partial charge in [0.2, 0.25) is 0 Å². The van der Waals surface area contributed by atoms with E-state index in [-0.39, 0.29) is 11.3 Å². The Hall–Kier alpha value is -4.21. The number of H-pyrrole nitrogens is 1. The minimum Gasteiger partial charge on any atom is -0.497 e. The lowest BCUT2D eigenvalue weighted by Gasteiger charge is -2.04. The molecule has 3 heterocycles. The van der Waals surface area contributed by atoms with Crippen LogP contribution in [0.5, 0.6) is 5.75 Å². The van der Waals surface area contributed by atoms with Gasteiger partial charge in [-0.1, -0.05) is 0 Å². The largest absolute Gasteiger partial charge is 0.497 e. The van der Waals surface area contributed by atoms with Crippen molar-refractivity contribution < 1.29 is 13.9 Å². The van der Waals surface area contributed by atoms with Gasteiger partial charge in [0.15, 0.2) is 5.65 Å². The fraction of sp³-hybridized carbons (Fsp3) is 0.0526. The maximum atomic E-state index is 13.8. The molecule has 3 aromatic heterocycles. The first kappa shape index (κ1) is 18.2. The monoisotopic (exact) mass is 391 g/mol. The summed E-state index contributed by atoms with van der Waals surface area (Å²) in [6, 6.07) is 6.01. The number of halogens is 1. The van der Waals surface area contributed by atoms with Crippen LogP contribution in [0.25, 0.3) is 22.4 Å². The molecule has 0 aliphatic rings. The van der Waals surface area contributed by atoms with Crippen molar-refractivity contribution in [2.75, 3.05) is 7.11 Å². The van der Waals surface area contributed by atoms with E-state index in [0.717, 1.165) is 5.52 Å². The number of aromatic nitrogens is 5. The molecule has 4 aromatic rings. The van der Waals surface area contributed by atoms with Crippen LogP contribution in [0.4, 0.5) is 4.39 Å². The molecule has 1 aromatic carbocycles. The second kappa shape index (κ2) is 7.80. The van der Waals surface area contributed by atoms with E-state index >= 15 is 0 Å². The van der Waals surface area contributed by atoms with Crippen molar-refractivity contribution in [3.8, 4) is 17.0 Å². The quantitative estimate of drug-likeness (QED) is 0.398. The number of carbonyl (C=O) groups excluding carboxylic acids is 1. The average molecular weight is 391 g/mol. The molecule has 0 unspecified atom stereocenters. The standard InChI is InChI=1S/C19H14FN7O2/c1-29-13-2-3-14(20)11(4-13)7-25-27-19(28)17-9-21-8-16(26-17)12-5-15-18(22-6-12)24-10-23-15/h2-10H,1H3,(H,27,28)(H,22,23,24)/b25-7+. The zero-order valence-electron chi connectivity index (χ0n) is 15.1. The average Bonchev–Trinajstić information content (AvgIpc) is 3.23. The fourth-order valence-electron chi connectivity index (χ4n) is 2.55. The summed E-state index contributed by atoms with van der Waals surface area (Å²) in [5.41, 5.74) is 4.98. The van der Waals surface area contributed by atoms with Gasteiger partial charge in [0.05, 0.1) is 43.3 Å². The smallest absolute Gasteiger partial charge is 0.291 e. The summed E-state index contributed by atoms with van der Waals surface area (Å²) in [5, 5.41) is 3.78. The van der Waals surface area contributed by atoms with E-state index < -0.39 is 11.7 Å². The van der Waals surface area contributed by atoms with Crippen LogP contribution in [0.2, 0.25) is 0 Å². The van der Waals surface area contributed by atoms with Crippen molar-refractivity contribution in [2.45, 2.75) is 0 Å². The molecule has 144 valence electrons. The third-order valence-electron chi connectivity index (χ3n) is 4.01. The third kappa shape index (κ3) is 3.90. The van der Waals surface area contributed by atoms with E-state index in [1.54, 1.807) is 12.5 Å². The predicted molar refractivity (Wildman–Crippen MR) is 103 cm³/mol. The lowest BCUT2D eigenvalue weighted by Crippen LogP contribution is -2.19. The van der Waals surface area contributed by atoms with Crippen LogP contribution in [0, 0.1) is 5.82 Å². The van der Waals surface area contributed by atoms with Gasteiger partial charge in [-0.3, -0.25) is 9.78 Å². The van der Waals surface area contributed by atoms with Gasteiger partial charge in [-0.2, -0.15) is 5.10 Å². The number of amides is 1. The molecule has 4 rings (SSSR count). The van der Waals surface area contributed by atoms with Crippen molar-refractivity contribution in [3.05, 3.63) is 66.3 Å². The van der Waals surface area contributed by atoms with E-state index in [1.807, 2.05) is 6.07 Å². The molecule has 0 fully saturated rings. The summed E-state index contributed by atoms with van der Waals surface area (Å²) in [6.07, 6.45) is 7.15. The van der Waals surface area contributed by atoms with Gasteiger partial charge < -0.3 is 9.72 Å². The Morgan fingerprint density at radius 3 is 3.00 bits per heavy atom. The van der Waals surface area contributed by atoms with E-state index in [2.05, 4.69) is 35.4 Å². The number of methoxy groups -OCH3 is 1. The minimum absolute atomic E-state index is 0.0514. The summed E-state index contributed by atoms with van der Waals surface area (Å²) in [4.78, 5) is 31.9. The van der Waals surface area contributed by atoms with Gasteiger partial charge in [-0.25, -0.2) is 24.8 Å². The molecule has 1 amide bonds. The molecule has 0 saturated carbocycles. The van der Waals surface area contributed by atoms with Gasteiger partial charge in [0, 0.05) is 17.3 Å². The summed E-state index contributed by atoms with van der Waals surface area (Å²) >= 11 is 0. The number of imidazole rings is 1. The zero-order chi connectivity index (χ0) is 20.2. The zero-order valence-corrected chi connectivity index (χ0v) is 15.1. The van der Waals surface area contributed by atoms with Crippen LogP contribution in [-0.2, 0) is 0 Å². The van der Waals surface area contributed by atoms with Crippen LogP contribution in [0.15, 0.2) is 54.3 Å². The van der Waals surface area contributed by atoms with Crippen LogP contribution < -0.4 is 10.2 Å². The Balaban J connectivity index is 1.51. The van der Waals surface area contributed by atoms with E-state index in [1.165, 1.54) is 43.9 Å². The Morgan fingerprint density at radius 1 is 1.24 bits per heavy atom. The first-order valence-corrected chi connectivity index (χ1v) is 8.42. The molecule has 9 nitrogen and oxygen atoms in total. The molecule has 0 spiro atoms. The molecule has 29 heavy (non-hydrogen) atoms. The van der Waals surface area contributed by atoms with Gasteiger partial charge in [0.25, 0.3) is 5.91 Å². The number of hydrogen-bond acceptors (Lipinski definition) is 7. The molecular weight excluding hydrogens is 377 g/mol. The number of carbonyl (C=O) groups is 1. The highest BCUT2D eigenvalue weighted by Gasteiger charge is 2.11. The summed E-state index contributed by atoms with van der Waals surface area (Å²) in [7, 11) is 1.47. The molecule has 0 aliphatic heterocycles. The first-order valence-electron chi connectivity index (χ1n) is 8.42. The molecule has 0 radical (unpaired) electrons. The molecule has 10 heteroatoms. The highest BCUT2D eigenvalue weighted by molar-refractivity contribution is 5.93. The summed E-state index contributed by atoms with van der Waals surface area (Å²) in [6.45, 7) is 0. The number of nitrogens with one attached hydrogen (secondary N) is 2. The van der Waals surface area contributed by atoms with Crippen LogP contribution in [-0.4, -0.2) is 44.2 Å². The maximum absolute atomic E-state index is 13.8. The number of benzene rings is 1. The van der Waals surface area contributed by atoms with Gasteiger partial charge >= 0.3 is 0 Å². The van der Waals surface area contributed by atoms with E-state index in [0.29, 0.717) is 22.7 Å². The number of hydrogen-bond donors (Lipinski definition) is 2. The number of pyridine rings is 1. The van der Waals surface area contributed by atoms with Gasteiger partial charge in [-0.05, 0) is 24.3 Å². The first-order chi connectivity index (χ1) is 14.1. The highest BCUT2D eigenvalue weighted by atomic mass is 19.1. The maximum Gasteiger partial charge on any atom is 0.291 e. The van der Waals surface area contributed by atoms with Crippen molar-refractivity contribution in [1.82, 2.24) is 30.3 Å². The number of aromatic amines is 1. The lowest BCUT2D eigenvalue weighted by atomic mass is 10.2. The van der Waals surface area contributed by atoms with Crippen LogP contribution in [0.1, 0.15) is 16.1 Å². The van der Waals surface area contributed by atoms with Crippen LogP contribution >= 0.6 is 0 Å². The normalized spacial score (nSPS) is 11.1. The minimum atomic E-state index is -0.588. The van der Waals surface area contributed by atoms with Crippen molar-refractivity contribution >= 4 is 23.3 Å². The van der Waals surface area contributed by atoms with Gasteiger partial charge in [0.1, 0.15) is 17.3 Å².